The molecule has 0 unspecified atom stereocenters. The highest BCUT2D eigenvalue weighted by Crippen LogP contribution is 2.47. The molecule has 98 valence electrons. The molecule has 1 aliphatic carbocycles. The number of carbonyl (C=O) groups excluding carboxylic acids is 1. The highest BCUT2D eigenvalue weighted by molar-refractivity contribution is 5.82. The van der Waals surface area contributed by atoms with Crippen LogP contribution in [-0.4, -0.2) is 24.2 Å². The van der Waals surface area contributed by atoms with Crippen molar-refractivity contribution in [3.05, 3.63) is 35.9 Å². The van der Waals surface area contributed by atoms with Crippen molar-refractivity contribution in [1.82, 2.24) is 5.32 Å². The summed E-state index contributed by atoms with van der Waals surface area (Å²) in [5.74, 6) is -0.148. The van der Waals surface area contributed by atoms with E-state index >= 15 is 0 Å². The van der Waals surface area contributed by atoms with E-state index in [0.29, 0.717) is 6.54 Å². The average Bonchev–Trinajstić information content (AvgIpc) is 3.17. The molecule has 0 heterocycles. The summed E-state index contributed by atoms with van der Waals surface area (Å²) in [7, 11) is 0. The minimum atomic E-state index is -0.615. The van der Waals surface area contributed by atoms with Crippen molar-refractivity contribution >= 4 is 5.91 Å². The van der Waals surface area contributed by atoms with Crippen LogP contribution in [-0.2, 0) is 4.79 Å². The Balaban J connectivity index is 1.85. The number of nitrogens with two attached hydrogens (primary N) is 1. The topological polar surface area (TPSA) is 75.4 Å². The Morgan fingerprint density at radius 3 is 2.61 bits per heavy atom. The van der Waals surface area contributed by atoms with E-state index in [1.165, 1.54) is 0 Å². The van der Waals surface area contributed by atoms with Gasteiger partial charge in [-0.2, -0.15) is 0 Å². The zero-order valence-electron chi connectivity index (χ0n) is 10.4. The number of nitrogens with one attached hydrogen (secondary N) is 1. The lowest BCUT2D eigenvalue weighted by molar-refractivity contribution is -0.122. The lowest BCUT2D eigenvalue weighted by Gasteiger charge is -2.17. The molecule has 1 fully saturated rings. The van der Waals surface area contributed by atoms with Crippen molar-refractivity contribution in [1.29, 1.82) is 0 Å². The molecule has 0 spiro atoms. The third-order valence-electron chi connectivity index (χ3n) is 3.68. The Hall–Kier alpha value is -1.39. The number of hydrogen-bond donors (Lipinski definition) is 3. The number of carbonyl (C=O) groups is 1. The molecule has 0 aromatic heterocycles. The summed E-state index contributed by atoms with van der Waals surface area (Å²) < 4.78 is 0. The van der Waals surface area contributed by atoms with Gasteiger partial charge in [0.15, 0.2) is 0 Å². The minimum Gasteiger partial charge on any atom is -0.396 e. The highest BCUT2D eigenvalue weighted by Gasteiger charge is 2.42. The maximum atomic E-state index is 11.9. The number of aliphatic hydroxyl groups excluding tert-OH is 1. The van der Waals surface area contributed by atoms with E-state index in [-0.39, 0.29) is 17.9 Å². The molecule has 0 bridgehead atoms. The number of rotatable bonds is 6. The van der Waals surface area contributed by atoms with Crippen molar-refractivity contribution in [3.8, 4) is 0 Å². The van der Waals surface area contributed by atoms with Crippen LogP contribution in [0.2, 0.25) is 0 Å². The maximum Gasteiger partial charge on any atom is 0.241 e. The molecule has 1 amide bonds. The second-order valence-corrected chi connectivity index (χ2v) is 5.08. The summed E-state index contributed by atoms with van der Waals surface area (Å²) in [6.45, 7) is 0.799. The lowest BCUT2D eigenvalue weighted by atomic mass is 10.0. The van der Waals surface area contributed by atoms with E-state index in [1.54, 1.807) is 0 Å². The third-order valence-corrected chi connectivity index (χ3v) is 3.68. The van der Waals surface area contributed by atoms with E-state index in [9.17, 15) is 4.79 Å². The molecule has 4 heteroatoms. The van der Waals surface area contributed by atoms with Gasteiger partial charge < -0.3 is 16.2 Å². The maximum absolute atomic E-state index is 11.9. The highest BCUT2D eigenvalue weighted by atomic mass is 16.3. The second-order valence-electron chi connectivity index (χ2n) is 5.08. The average molecular weight is 248 g/mol. The Morgan fingerprint density at radius 1 is 1.39 bits per heavy atom. The van der Waals surface area contributed by atoms with Gasteiger partial charge in [0, 0.05) is 13.2 Å². The Labute approximate surface area is 107 Å². The number of aliphatic hydroxyl groups is 1. The fourth-order valence-corrected chi connectivity index (χ4v) is 2.13. The molecule has 1 atom stereocenters. The van der Waals surface area contributed by atoms with Crippen LogP contribution >= 0.6 is 0 Å². The van der Waals surface area contributed by atoms with Gasteiger partial charge in [0.1, 0.15) is 6.04 Å². The summed E-state index contributed by atoms with van der Waals surface area (Å²) in [5.41, 5.74) is 6.85. The molecular formula is C14H20N2O2. The summed E-state index contributed by atoms with van der Waals surface area (Å²) >= 11 is 0. The van der Waals surface area contributed by atoms with Crippen LogP contribution in [0.1, 0.15) is 30.9 Å². The predicted molar refractivity (Wildman–Crippen MR) is 69.7 cm³/mol. The van der Waals surface area contributed by atoms with Crippen LogP contribution in [0.3, 0.4) is 0 Å². The van der Waals surface area contributed by atoms with Gasteiger partial charge in [0.2, 0.25) is 5.91 Å². The summed E-state index contributed by atoms with van der Waals surface area (Å²) in [6.07, 6.45) is 2.91. The summed E-state index contributed by atoms with van der Waals surface area (Å²) in [4.78, 5) is 11.9. The molecule has 2 rings (SSSR count). The number of amides is 1. The molecule has 1 aromatic carbocycles. The summed E-state index contributed by atoms with van der Waals surface area (Å²) in [6, 6.07) is 8.73. The van der Waals surface area contributed by atoms with E-state index in [2.05, 4.69) is 5.32 Å². The standard InChI is InChI=1S/C14H20N2O2/c15-12(11-4-2-1-3-5-11)13(18)16-10-14(6-7-14)8-9-17/h1-5,12,17H,6-10,15H2,(H,16,18)/t12-/m0/s1. The molecule has 1 saturated carbocycles. The van der Waals surface area contributed by atoms with Gasteiger partial charge in [-0.25, -0.2) is 0 Å². The summed E-state index contributed by atoms with van der Waals surface area (Å²) in [5, 5.41) is 11.9. The van der Waals surface area contributed by atoms with E-state index in [0.717, 1.165) is 24.8 Å². The van der Waals surface area contributed by atoms with Crippen LogP contribution in [0.4, 0.5) is 0 Å². The first-order valence-corrected chi connectivity index (χ1v) is 6.36. The normalized spacial score (nSPS) is 18.1. The van der Waals surface area contributed by atoms with Crippen LogP contribution in [0.5, 0.6) is 0 Å². The van der Waals surface area contributed by atoms with Gasteiger partial charge in [-0.15, -0.1) is 0 Å². The zero-order chi connectivity index (χ0) is 13.0. The monoisotopic (exact) mass is 248 g/mol. The second kappa shape index (κ2) is 5.50. The Morgan fingerprint density at radius 2 is 2.06 bits per heavy atom. The molecule has 0 aliphatic heterocycles. The van der Waals surface area contributed by atoms with Crippen molar-refractivity contribution in [2.75, 3.05) is 13.2 Å². The fraction of sp³-hybridized carbons (Fsp3) is 0.500. The van der Waals surface area contributed by atoms with E-state index < -0.39 is 6.04 Å². The Kier molecular flexibility index (Phi) is 3.99. The van der Waals surface area contributed by atoms with Gasteiger partial charge in [0.05, 0.1) is 0 Å². The van der Waals surface area contributed by atoms with E-state index in [4.69, 9.17) is 10.8 Å². The van der Waals surface area contributed by atoms with E-state index in [1.807, 2.05) is 30.3 Å². The zero-order valence-corrected chi connectivity index (χ0v) is 10.4. The van der Waals surface area contributed by atoms with Crippen molar-refractivity contribution < 1.29 is 9.90 Å². The van der Waals surface area contributed by atoms with Gasteiger partial charge in [-0.05, 0) is 30.2 Å². The van der Waals surface area contributed by atoms with Gasteiger partial charge in [0.25, 0.3) is 0 Å². The molecule has 18 heavy (non-hydrogen) atoms. The van der Waals surface area contributed by atoms with Crippen molar-refractivity contribution in [2.24, 2.45) is 11.1 Å². The molecule has 1 aliphatic rings. The molecule has 4 nitrogen and oxygen atoms in total. The van der Waals surface area contributed by atoms with Crippen LogP contribution < -0.4 is 11.1 Å². The first-order chi connectivity index (χ1) is 8.67. The predicted octanol–water partition coefficient (Wildman–Crippen LogP) is 0.965. The van der Waals surface area contributed by atoms with Crippen molar-refractivity contribution in [2.45, 2.75) is 25.3 Å². The molecule has 1 aromatic rings. The van der Waals surface area contributed by atoms with Gasteiger partial charge >= 0.3 is 0 Å². The van der Waals surface area contributed by atoms with Crippen molar-refractivity contribution in [3.63, 3.8) is 0 Å². The fourth-order valence-electron chi connectivity index (χ4n) is 2.13. The molecule has 4 N–H and O–H groups in total. The first-order valence-electron chi connectivity index (χ1n) is 6.36. The molecule has 0 saturated heterocycles. The van der Waals surface area contributed by atoms with Crippen LogP contribution in [0, 0.1) is 5.41 Å². The number of benzene rings is 1. The van der Waals surface area contributed by atoms with Crippen LogP contribution in [0.15, 0.2) is 30.3 Å². The SMILES string of the molecule is N[C@H](C(=O)NCC1(CCO)CC1)c1ccccc1. The third kappa shape index (κ3) is 3.09. The quantitative estimate of drug-likeness (QED) is 0.702. The largest absolute Gasteiger partial charge is 0.396 e. The minimum absolute atomic E-state index is 0.126. The number of hydrogen-bond acceptors (Lipinski definition) is 3. The van der Waals surface area contributed by atoms with Gasteiger partial charge in [-0.3, -0.25) is 4.79 Å². The smallest absolute Gasteiger partial charge is 0.241 e. The molecule has 0 radical (unpaired) electrons. The Bertz CT molecular complexity index is 402. The molecular weight excluding hydrogens is 228 g/mol. The van der Waals surface area contributed by atoms with Gasteiger partial charge in [-0.1, -0.05) is 30.3 Å². The van der Waals surface area contributed by atoms with Crippen LogP contribution in [0.25, 0.3) is 0 Å². The lowest BCUT2D eigenvalue weighted by Crippen LogP contribution is -2.37. The first kappa shape index (κ1) is 13.1.